The van der Waals surface area contributed by atoms with E-state index in [0.29, 0.717) is 12.2 Å². The summed E-state index contributed by atoms with van der Waals surface area (Å²) in [5.74, 6) is -1.12. The van der Waals surface area contributed by atoms with E-state index >= 15 is 0 Å². The summed E-state index contributed by atoms with van der Waals surface area (Å²) in [5.41, 5.74) is 5.86. The highest BCUT2D eigenvalue weighted by Gasteiger charge is 2.17. The summed E-state index contributed by atoms with van der Waals surface area (Å²) in [7, 11) is 1.44. The fourth-order valence-corrected chi connectivity index (χ4v) is 1.60. The summed E-state index contributed by atoms with van der Waals surface area (Å²) in [6.45, 7) is 1.92. The van der Waals surface area contributed by atoms with E-state index in [9.17, 15) is 9.59 Å². The maximum absolute atomic E-state index is 11.8. The number of methoxy groups -OCH3 is 1. The van der Waals surface area contributed by atoms with Crippen LogP contribution in [0.4, 0.5) is 5.69 Å². The van der Waals surface area contributed by atoms with Crippen LogP contribution in [-0.2, 0) is 4.79 Å². The molecule has 0 fully saturated rings. The van der Waals surface area contributed by atoms with E-state index < -0.39 is 17.9 Å². The SMILES string of the molecule is CCC[C@@H](N)C(=O)Nc1ccc(OC)cc1C(=O)O. The zero-order chi connectivity index (χ0) is 14.4. The maximum atomic E-state index is 11.8. The van der Waals surface area contributed by atoms with Crippen LogP contribution in [0.2, 0.25) is 0 Å². The quantitative estimate of drug-likeness (QED) is 0.723. The third-order valence-electron chi connectivity index (χ3n) is 2.65. The molecular formula is C13H18N2O4. The number of carboxylic acids is 1. The Morgan fingerprint density at radius 3 is 2.68 bits per heavy atom. The van der Waals surface area contributed by atoms with Gasteiger partial charge in [-0.1, -0.05) is 13.3 Å². The van der Waals surface area contributed by atoms with Crippen LogP contribution in [0.1, 0.15) is 30.1 Å². The maximum Gasteiger partial charge on any atom is 0.337 e. The Morgan fingerprint density at radius 2 is 2.16 bits per heavy atom. The molecule has 1 atom stereocenters. The molecule has 0 unspecified atom stereocenters. The molecule has 6 heteroatoms. The molecule has 0 bridgehead atoms. The van der Waals surface area contributed by atoms with Gasteiger partial charge in [0, 0.05) is 0 Å². The lowest BCUT2D eigenvalue weighted by atomic mass is 10.1. The molecule has 0 saturated heterocycles. The first-order valence-electron chi connectivity index (χ1n) is 5.97. The summed E-state index contributed by atoms with van der Waals surface area (Å²) in [6, 6.07) is 3.77. The second-order valence-corrected chi connectivity index (χ2v) is 4.10. The molecule has 4 N–H and O–H groups in total. The zero-order valence-corrected chi connectivity index (χ0v) is 11.0. The van der Waals surface area contributed by atoms with Crippen molar-refractivity contribution in [3.63, 3.8) is 0 Å². The van der Waals surface area contributed by atoms with Crippen molar-refractivity contribution in [1.29, 1.82) is 0 Å². The number of rotatable bonds is 6. The normalized spacial score (nSPS) is 11.7. The minimum absolute atomic E-state index is 0.0311. The van der Waals surface area contributed by atoms with Crippen molar-refractivity contribution in [3.05, 3.63) is 23.8 Å². The minimum Gasteiger partial charge on any atom is -0.497 e. The number of aromatic carboxylic acids is 1. The predicted molar refractivity (Wildman–Crippen MR) is 71.5 cm³/mol. The highest BCUT2D eigenvalue weighted by atomic mass is 16.5. The van der Waals surface area contributed by atoms with E-state index in [1.807, 2.05) is 6.92 Å². The van der Waals surface area contributed by atoms with Gasteiger partial charge in [0.2, 0.25) is 5.91 Å². The van der Waals surface area contributed by atoms with Gasteiger partial charge in [-0.05, 0) is 24.6 Å². The Bertz CT molecular complexity index is 474. The smallest absolute Gasteiger partial charge is 0.337 e. The number of carbonyl (C=O) groups excluding carboxylic acids is 1. The third kappa shape index (κ3) is 3.96. The molecule has 19 heavy (non-hydrogen) atoms. The molecule has 0 heterocycles. The molecule has 0 radical (unpaired) electrons. The van der Waals surface area contributed by atoms with Gasteiger partial charge in [0.1, 0.15) is 5.75 Å². The number of hydrogen-bond donors (Lipinski definition) is 3. The fourth-order valence-electron chi connectivity index (χ4n) is 1.60. The highest BCUT2D eigenvalue weighted by Crippen LogP contribution is 2.22. The van der Waals surface area contributed by atoms with E-state index in [2.05, 4.69) is 5.32 Å². The van der Waals surface area contributed by atoms with E-state index in [0.717, 1.165) is 6.42 Å². The number of benzene rings is 1. The van der Waals surface area contributed by atoms with E-state index in [-0.39, 0.29) is 11.3 Å². The van der Waals surface area contributed by atoms with Crippen molar-refractivity contribution in [2.75, 3.05) is 12.4 Å². The average Bonchev–Trinajstić information content (AvgIpc) is 2.39. The second kappa shape index (κ2) is 6.75. The summed E-state index contributed by atoms with van der Waals surface area (Å²) < 4.78 is 4.95. The van der Waals surface area contributed by atoms with Gasteiger partial charge < -0.3 is 20.9 Å². The molecule has 1 amide bonds. The van der Waals surface area contributed by atoms with Crippen molar-refractivity contribution < 1.29 is 19.4 Å². The van der Waals surface area contributed by atoms with Gasteiger partial charge >= 0.3 is 5.97 Å². The molecule has 104 valence electrons. The Hall–Kier alpha value is -2.08. The largest absolute Gasteiger partial charge is 0.497 e. The average molecular weight is 266 g/mol. The number of carbonyl (C=O) groups is 2. The predicted octanol–water partition coefficient (Wildman–Crippen LogP) is 1.46. The van der Waals surface area contributed by atoms with Crippen LogP contribution in [0, 0.1) is 0 Å². The number of nitrogens with two attached hydrogens (primary N) is 1. The lowest BCUT2D eigenvalue weighted by Gasteiger charge is -2.13. The summed E-state index contributed by atoms with van der Waals surface area (Å²) >= 11 is 0. The molecule has 0 aliphatic rings. The molecular weight excluding hydrogens is 248 g/mol. The van der Waals surface area contributed by atoms with Crippen LogP contribution in [-0.4, -0.2) is 30.1 Å². The van der Waals surface area contributed by atoms with Gasteiger partial charge in [-0.3, -0.25) is 4.79 Å². The molecule has 6 nitrogen and oxygen atoms in total. The molecule has 0 aliphatic carbocycles. The van der Waals surface area contributed by atoms with Crippen molar-refractivity contribution in [1.82, 2.24) is 0 Å². The topological polar surface area (TPSA) is 102 Å². The molecule has 0 aromatic heterocycles. The van der Waals surface area contributed by atoms with Crippen LogP contribution in [0.25, 0.3) is 0 Å². The van der Waals surface area contributed by atoms with Crippen LogP contribution in [0.15, 0.2) is 18.2 Å². The van der Waals surface area contributed by atoms with Crippen molar-refractivity contribution in [3.8, 4) is 5.75 Å². The van der Waals surface area contributed by atoms with Crippen molar-refractivity contribution in [2.45, 2.75) is 25.8 Å². The molecule has 1 aromatic rings. The van der Waals surface area contributed by atoms with Gasteiger partial charge in [-0.15, -0.1) is 0 Å². The number of amides is 1. The molecule has 0 saturated carbocycles. The molecule has 0 spiro atoms. The molecule has 1 aromatic carbocycles. The number of hydrogen-bond acceptors (Lipinski definition) is 4. The Labute approximate surface area is 111 Å². The molecule has 1 rings (SSSR count). The number of anilines is 1. The third-order valence-corrected chi connectivity index (χ3v) is 2.65. The monoisotopic (exact) mass is 266 g/mol. The van der Waals surface area contributed by atoms with Gasteiger partial charge in [-0.2, -0.15) is 0 Å². The lowest BCUT2D eigenvalue weighted by Crippen LogP contribution is -2.35. The van der Waals surface area contributed by atoms with E-state index in [1.165, 1.54) is 19.2 Å². The van der Waals surface area contributed by atoms with Crippen LogP contribution in [0.3, 0.4) is 0 Å². The number of ether oxygens (including phenoxy) is 1. The number of carboxylic acid groups (broad SMARTS) is 1. The van der Waals surface area contributed by atoms with Gasteiger partial charge in [0.05, 0.1) is 24.4 Å². The summed E-state index contributed by atoms with van der Waals surface area (Å²) in [6.07, 6.45) is 1.33. The molecule has 0 aliphatic heterocycles. The second-order valence-electron chi connectivity index (χ2n) is 4.10. The number of nitrogens with one attached hydrogen (secondary N) is 1. The standard InChI is InChI=1S/C13H18N2O4/c1-3-4-10(14)12(16)15-11-6-5-8(19-2)7-9(11)13(17)18/h5-7,10H,3-4,14H2,1-2H3,(H,15,16)(H,17,18)/t10-/m1/s1. The first kappa shape index (κ1) is 15.0. The summed E-state index contributed by atoms with van der Waals surface area (Å²) in [4.78, 5) is 22.9. The van der Waals surface area contributed by atoms with Crippen molar-refractivity contribution in [2.24, 2.45) is 5.73 Å². The first-order chi connectivity index (χ1) is 8.99. The van der Waals surface area contributed by atoms with Gasteiger partial charge in [-0.25, -0.2) is 4.79 Å². The fraction of sp³-hybridized carbons (Fsp3) is 0.385. The van der Waals surface area contributed by atoms with Gasteiger partial charge in [0.15, 0.2) is 0 Å². The van der Waals surface area contributed by atoms with Crippen LogP contribution >= 0.6 is 0 Å². The zero-order valence-electron chi connectivity index (χ0n) is 11.0. The Morgan fingerprint density at radius 1 is 1.47 bits per heavy atom. The van der Waals surface area contributed by atoms with Gasteiger partial charge in [0.25, 0.3) is 0 Å². The van der Waals surface area contributed by atoms with E-state index in [4.69, 9.17) is 15.6 Å². The Kier molecular flexibility index (Phi) is 5.32. The lowest BCUT2D eigenvalue weighted by molar-refractivity contribution is -0.117. The minimum atomic E-state index is -1.14. The van der Waals surface area contributed by atoms with E-state index in [1.54, 1.807) is 6.07 Å². The van der Waals surface area contributed by atoms with Crippen LogP contribution in [0.5, 0.6) is 5.75 Å². The summed E-state index contributed by atoms with van der Waals surface area (Å²) in [5, 5.41) is 11.6. The Balaban J connectivity index is 2.94. The first-order valence-corrected chi connectivity index (χ1v) is 5.97. The van der Waals surface area contributed by atoms with Crippen LogP contribution < -0.4 is 15.8 Å². The highest BCUT2D eigenvalue weighted by molar-refractivity contribution is 6.02. The van der Waals surface area contributed by atoms with Crippen molar-refractivity contribution >= 4 is 17.6 Å².